The van der Waals surface area contributed by atoms with Crippen LogP contribution in [0, 0.1) is 13.8 Å². The monoisotopic (exact) mass is 306 g/mol. The molecule has 7 nitrogen and oxygen atoms in total. The van der Waals surface area contributed by atoms with E-state index in [4.69, 9.17) is 0 Å². The van der Waals surface area contributed by atoms with Crippen LogP contribution in [0.25, 0.3) is 0 Å². The highest BCUT2D eigenvalue weighted by molar-refractivity contribution is 7.13. The molecular weight excluding hydrogens is 292 g/mol. The van der Waals surface area contributed by atoms with Crippen molar-refractivity contribution in [2.24, 2.45) is 0 Å². The van der Waals surface area contributed by atoms with Gasteiger partial charge in [0.2, 0.25) is 0 Å². The molecule has 0 saturated carbocycles. The first kappa shape index (κ1) is 13.7. The molecule has 2 aromatic rings. The third kappa shape index (κ3) is 2.21. The number of imidazole rings is 1. The Morgan fingerprint density at radius 2 is 2.24 bits per heavy atom. The second-order valence-corrected chi connectivity index (χ2v) is 6.11. The highest BCUT2D eigenvalue weighted by Crippen LogP contribution is 2.30. The van der Waals surface area contributed by atoms with Crippen molar-refractivity contribution in [3.63, 3.8) is 0 Å². The maximum Gasteiger partial charge on any atom is 0.332 e. The Morgan fingerprint density at radius 1 is 1.48 bits per heavy atom. The molecule has 0 aliphatic carbocycles. The van der Waals surface area contributed by atoms with Gasteiger partial charge in [-0.1, -0.05) is 0 Å². The molecule has 0 bridgehead atoms. The Labute approximate surface area is 124 Å². The molecule has 1 amide bonds. The molecule has 0 fully saturated rings. The number of rotatable bonds is 2. The van der Waals surface area contributed by atoms with E-state index in [0.29, 0.717) is 29.2 Å². The molecule has 8 heteroatoms. The lowest BCUT2D eigenvalue weighted by Crippen LogP contribution is -2.43. The smallest absolute Gasteiger partial charge is 0.332 e. The molecule has 0 unspecified atom stereocenters. The first-order chi connectivity index (χ1) is 9.99. The number of hydrogen-bond acceptors (Lipinski definition) is 5. The van der Waals surface area contributed by atoms with Crippen LogP contribution >= 0.6 is 11.3 Å². The van der Waals surface area contributed by atoms with Gasteiger partial charge >= 0.3 is 5.97 Å². The number of carboxylic acids is 1. The highest BCUT2D eigenvalue weighted by atomic mass is 32.1. The van der Waals surface area contributed by atoms with Crippen LogP contribution in [0.3, 0.4) is 0 Å². The number of aromatic nitrogens is 3. The molecule has 0 saturated heterocycles. The number of carboxylic acid groups (broad SMARTS) is 1. The molecular formula is C13H14N4O3S. The van der Waals surface area contributed by atoms with Crippen molar-refractivity contribution >= 4 is 23.2 Å². The first-order valence-corrected chi connectivity index (χ1v) is 7.30. The molecule has 0 radical (unpaired) electrons. The van der Waals surface area contributed by atoms with Gasteiger partial charge in [-0.3, -0.25) is 4.79 Å². The second-order valence-electron chi connectivity index (χ2n) is 4.90. The zero-order chi connectivity index (χ0) is 15.1. The van der Waals surface area contributed by atoms with Gasteiger partial charge in [-0.15, -0.1) is 11.3 Å². The van der Waals surface area contributed by atoms with E-state index in [1.165, 1.54) is 22.6 Å². The number of H-pyrrole nitrogens is 1. The van der Waals surface area contributed by atoms with Crippen LogP contribution in [0.4, 0.5) is 0 Å². The zero-order valence-corrected chi connectivity index (χ0v) is 12.4. The topological polar surface area (TPSA) is 99.2 Å². The zero-order valence-electron chi connectivity index (χ0n) is 11.6. The summed E-state index contributed by atoms with van der Waals surface area (Å²) in [5, 5.41) is 10.3. The van der Waals surface area contributed by atoms with E-state index in [9.17, 15) is 14.7 Å². The van der Waals surface area contributed by atoms with Crippen LogP contribution in [0.1, 0.15) is 37.8 Å². The third-order valence-corrected chi connectivity index (χ3v) is 4.58. The number of carbonyl (C=O) groups excluding carboxylic acids is 1. The summed E-state index contributed by atoms with van der Waals surface area (Å²) in [6, 6.07) is -1.05. The Hall–Kier alpha value is -2.22. The number of aryl methyl sites for hydroxylation is 2. The summed E-state index contributed by atoms with van der Waals surface area (Å²) in [6.07, 6.45) is 2.04. The van der Waals surface area contributed by atoms with Gasteiger partial charge in [0.1, 0.15) is 4.88 Å². The normalized spacial score (nSPS) is 17.6. The minimum Gasteiger partial charge on any atom is -0.479 e. The number of amides is 1. The van der Waals surface area contributed by atoms with Crippen molar-refractivity contribution in [1.29, 1.82) is 0 Å². The van der Waals surface area contributed by atoms with Gasteiger partial charge < -0.3 is 15.0 Å². The predicted octanol–water partition coefficient (Wildman–Crippen LogP) is 1.31. The fraction of sp³-hybridized carbons (Fsp3) is 0.385. The van der Waals surface area contributed by atoms with Gasteiger partial charge in [0.15, 0.2) is 6.04 Å². The van der Waals surface area contributed by atoms with Gasteiger partial charge in [0.05, 0.1) is 22.7 Å². The minimum atomic E-state index is -1.07. The summed E-state index contributed by atoms with van der Waals surface area (Å²) in [6.45, 7) is 3.93. The second kappa shape index (κ2) is 4.96. The van der Waals surface area contributed by atoms with E-state index in [1.54, 1.807) is 6.92 Å². The van der Waals surface area contributed by atoms with Crippen molar-refractivity contribution < 1.29 is 14.7 Å². The predicted molar refractivity (Wildman–Crippen MR) is 75.3 cm³/mol. The number of nitrogens with zero attached hydrogens (tertiary/aromatic N) is 3. The summed E-state index contributed by atoms with van der Waals surface area (Å²) in [4.78, 5) is 37.4. The van der Waals surface area contributed by atoms with Gasteiger partial charge in [0, 0.05) is 18.7 Å². The SMILES string of the molecule is Cc1nc(C)c(C(=O)N2CCc3[nH]cnc3[C@H]2C(=O)O)s1. The standard InChI is InChI=1S/C13H14N4O3S/c1-6-11(21-7(2)16-6)12(18)17-4-3-8-9(15-5-14-8)10(17)13(19)20/h5,10H,3-4H2,1-2H3,(H,14,15)(H,19,20)/t10-/m0/s1. The van der Waals surface area contributed by atoms with E-state index in [-0.39, 0.29) is 5.91 Å². The third-order valence-electron chi connectivity index (χ3n) is 3.52. The van der Waals surface area contributed by atoms with Gasteiger partial charge in [-0.2, -0.15) is 0 Å². The van der Waals surface area contributed by atoms with E-state index in [1.807, 2.05) is 6.92 Å². The fourth-order valence-corrected chi connectivity index (χ4v) is 3.48. The molecule has 1 aliphatic rings. The maximum absolute atomic E-state index is 12.7. The molecule has 110 valence electrons. The quantitative estimate of drug-likeness (QED) is 0.871. The number of hydrogen-bond donors (Lipinski definition) is 2. The summed E-state index contributed by atoms with van der Waals surface area (Å²) < 4.78 is 0. The summed E-state index contributed by atoms with van der Waals surface area (Å²) >= 11 is 1.29. The number of fused-ring (bicyclic) bond motifs is 1. The number of aromatic amines is 1. The van der Waals surface area contributed by atoms with Crippen LogP contribution in [-0.4, -0.2) is 43.4 Å². The number of aliphatic carboxylic acids is 1. The van der Waals surface area contributed by atoms with E-state index in [2.05, 4.69) is 15.0 Å². The molecule has 2 N–H and O–H groups in total. The Morgan fingerprint density at radius 3 is 2.86 bits per heavy atom. The van der Waals surface area contributed by atoms with Crippen molar-refractivity contribution in [3.8, 4) is 0 Å². The molecule has 0 aromatic carbocycles. The lowest BCUT2D eigenvalue weighted by molar-refractivity contribution is -0.143. The lowest BCUT2D eigenvalue weighted by Gasteiger charge is -2.31. The molecule has 1 atom stereocenters. The summed E-state index contributed by atoms with van der Waals surface area (Å²) in [5.41, 5.74) is 1.84. The average molecular weight is 306 g/mol. The number of nitrogens with one attached hydrogen (secondary N) is 1. The molecule has 2 aromatic heterocycles. The largest absolute Gasteiger partial charge is 0.479 e. The summed E-state index contributed by atoms with van der Waals surface area (Å²) in [5.74, 6) is -1.37. The van der Waals surface area contributed by atoms with E-state index < -0.39 is 12.0 Å². The molecule has 0 spiro atoms. The van der Waals surface area contributed by atoms with Crippen LogP contribution < -0.4 is 0 Å². The molecule has 3 heterocycles. The molecule has 3 rings (SSSR count). The van der Waals surface area contributed by atoms with E-state index in [0.717, 1.165) is 10.7 Å². The van der Waals surface area contributed by atoms with E-state index >= 15 is 0 Å². The molecule has 1 aliphatic heterocycles. The number of carbonyl (C=O) groups is 2. The molecule has 21 heavy (non-hydrogen) atoms. The average Bonchev–Trinajstić information content (AvgIpc) is 3.02. The summed E-state index contributed by atoms with van der Waals surface area (Å²) in [7, 11) is 0. The maximum atomic E-state index is 12.7. The van der Waals surface area contributed by atoms with Crippen molar-refractivity contribution in [2.75, 3.05) is 6.54 Å². The minimum absolute atomic E-state index is 0.292. The number of thiazole rings is 1. The Balaban J connectivity index is 2.00. The van der Waals surface area contributed by atoms with Crippen LogP contribution in [0.15, 0.2) is 6.33 Å². The Kier molecular flexibility index (Phi) is 3.25. The van der Waals surface area contributed by atoms with Gasteiger partial charge in [0.25, 0.3) is 5.91 Å². The van der Waals surface area contributed by atoms with Crippen LogP contribution in [0.2, 0.25) is 0 Å². The van der Waals surface area contributed by atoms with Crippen molar-refractivity contribution in [1.82, 2.24) is 19.9 Å². The fourth-order valence-electron chi connectivity index (χ4n) is 2.61. The van der Waals surface area contributed by atoms with Crippen LogP contribution in [0.5, 0.6) is 0 Å². The lowest BCUT2D eigenvalue weighted by atomic mass is 10.0. The first-order valence-electron chi connectivity index (χ1n) is 6.49. The van der Waals surface area contributed by atoms with Gasteiger partial charge in [-0.05, 0) is 13.8 Å². The van der Waals surface area contributed by atoms with Crippen LogP contribution in [-0.2, 0) is 11.2 Å². The highest BCUT2D eigenvalue weighted by Gasteiger charge is 2.39. The Bertz CT molecular complexity index is 721. The van der Waals surface area contributed by atoms with Crippen molar-refractivity contribution in [3.05, 3.63) is 33.3 Å². The van der Waals surface area contributed by atoms with Crippen molar-refractivity contribution in [2.45, 2.75) is 26.3 Å². The van der Waals surface area contributed by atoms with Gasteiger partial charge in [-0.25, -0.2) is 14.8 Å².